The average Bonchev–Trinajstić information content (AvgIpc) is 3.40. The zero-order chi connectivity index (χ0) is 25.0. The zero-order valence-electron chi connectivity index (χ0n) is 18.4. The molecule has 182 valence electrons. The second kappa shape index (κ2) is 6.97. The molecule has 2 aromatic carbocycles. The lowest BCUT2D eigenvalue weighted by Gasteiger charge is -2.49. The molecule has 2 aliphatic carbocycles. The van der Waals surface area contributed by atoms with Crippen LogP contribution in [-0.4, -0.2) is 49.4 Å². The second-order valence-electron chi connectivity index (χ2n) is 9.41. The first kappa shape index (κ1) is 23.2. The summed E-state index contributed by atoms with van der Waals surface area (Å²) in [6.45, 7) is 3.14. The van der Waals surface area contributed by atoms with Gasteiger partial charge < -0.3 is 0 Å². The first-order valence-electron chi connectivity index (χ1n) is 10.9. The maximum Gasteiger partial charge on any atom is 0.380 e. The molecule has 0 spiro atoms. The Morgan fingerprint density at radius 3 is 1.29 bits per heavy atom. The summed E-state index contributed by atoms with van der Waals surface area (Å²) >= 11 is 1.68. The van der Waals surface area contributed by atoms with Crippen molar-refractivity contribution in [3.63, 3.8) is 0 Å². The highest BCUT2D eigenvalue weighted by molar-refractivity contribution is 8.16. The molecule has 0 saturated heterocycles. The molecule has 4 atom stereocenters. The van der Waals surface area contributed by atoms with Crippen molar-refractivity contribution in [2.75, 3.05) is 0 Å². The van der Waals surface area contributed by atoms with Crippen LogP contribution >= 0.6 is 23.5 Å². The summed E-state index contributed by atoms with van der Waals surface area (Å²) in [5.74, 6) is -15.6. The molecule has 4 unspecified atom stereocenters. The van der Waals surface area contributed by atoms with Crippen molar-refractivity contribution in [3.8, 4) is 0 Å². The Bertz CT molecular complexity index is 1220. The molecule has 2 nitrogen and oxygen atoms in total. The number of alkyl halides is 6. The fourth-order valence-corrected chi connectivity index (χ4v) is 8.70. The van der Waals surface area contributed by atoms with Crippen LogP contribution in [-0.2, 0) is 0 Å². The van der Waals surface area contributed by atoms with Crippen molar-refractivity contribution in [1.82, 2.24) is 0 Å². The van der Waals surface area contributed by atoms with E-state index in [9.17, 15) is 8.78 Å². The van der Waals surface area contributed by atoms with E-state index < -0.39 is 50.5 Å². The third-order valence-corrected chi connectivity index (χ3v) is 10.5. The summed E-state index contributed by atoms with van der Waals surface area (Å²) in [7, 11) is 0. The van der Waals surface area contributed by atoms with Gasteiger partial charge in [-0.2, -0.15) is 26.3 Å². The van der Waals surface area contributed by atoms with Crippen molar-refractivity contribution < 1.29 is 26.3 Å². The molecule has 2 aliphatic heterocycles. The third-order valence-electron chi connectivity index (χ3n) is 7.49. The molecular weight excluding hydrogens is 506 g/mol. The third kappa shape index (κ3) is 2.67. The van der Waals surface area contributed by atoms with Gasteiger partial charge in [0.15, 0.2) is 0 Å². The van der Waals surface area contributed by atoms with Gasteiger partial charge in [-0.3, -0.25) is 9.98 Å². The van der Waals surface area contributed by atoms with Crippen molar-refractivity contribution in [1.29, 1.82) is 0 Å². The minimum atomic E-state index is -5.55. The lowest BCUT2D eigenvalue weighted by atomic mass is 9.66. The predicted molar refractivity (Wildman–Crippen MR) is 127 cm³/mol. The van der Waals surface area contributed by atoms with E-state index in [1.165, 1.54) is 0 Å². The molecule has 0 amide bonds. The SMILES string of the molecule is CC12N=C(c3ccccc3)SC1C1=C(C3SC(c4ccccc4)=NC32C)C(F)(F)C(F)(F)C1(F)F. The number of rotatable bonds is 2. The largest absolute Gasteiger partial charge is 0.380 e. The van der Waals surface area contributed by atoms with Gasteiger partial charge in [0.2, 0.25) is 0 Å². The van der Waals surface area contributed by atoms with Crippen LogP contribution in [0, 0.1) is 0 Å². The number of hydrogen-bond acceptors (Lipinski definition) is 4. The highest BCUT2D eigenvalue weighted by atomic mass is 32.2. The second-order valence-corrected chi connectivity index (χ2v) is 11.6. The van der Waals surface area contributed by atoms with Crippen molar-refractivity contribution >= 4 is 33.6 Å². The van der Waals surface area contributed by atoms with Gasteiger partial charge >= 0.3 is 17.8 Å². The number of hydrogen-bond donors (Lipinski definition) is 0. The van der Waals surface area contributed by atoms with Gasteiger partial charge in [-0.1, -0.05) is 84.2 Å². The van der Waals surface area contributed by atoms with Crippen LogP contribution in [0.1, 0.15) is 25.0 Å². The lowest BCUT2D eigenvalue weighted by molar-refractivity contribution is -0.265. The van der Waals surface area contributed by atoms with E-state index in [4.69, 9.17) is 9.98 Å². The average molecular weight is 525 g/mol. The summed E-state index contributed by atoms with van der Waals surface area (Å²) in [6.07, 6.45) is 0. The molecule has 6 rings (SSSR count). The Kier molecular flexibility index (Phi) is 4.62. The molecular formula is C25H18F6N2S2. The van der Waals surface area contributed by atoms with E-state index in [1.54, 1.807) is 74.5 Å². The van der Waals surface area contributed by atoms with Crippen LogP contribution in [0.5, 0.6) is 0 Å². The minimum absolute atomic E-state index is 0.342. The number of halogens is 6. The Hall–Kier alpha value is -2.20. The molecule has 2 heterocycles. The molecule has 0 N–H and O–H groups in total. The van der Waals surface area contributed by atoms with Gasteiger partial charge in [0.05, 0.1) is 20.6 Å². The number of fused-ring (bicyclic) bond motifs is 5. The van der Waals surface area contributed by atoms with Crippen LogP contribution in [0.4, 0.5) is 26.3 Å². The quantitative estimate of drug-likeness (QED) is 0.317. The lowest BCUT2D eigenvalue weighted by Crippen LogP contribution is -2.62. The van der Waals surface area contributed by atoms with E-state index >= 15 is 17.6 Å². The van der Waals surface area contributed by atoms with Gasteiger partial charge in [-0.25, -0.2) is 0 Å². The van der Waals surface area contributed by atoms with E-state index in [1.807, 2.05) is 0 Å². The van der Waals surface area contributed by atoms with Crippen molar-refractivity contribution in [2.45, 2.75) is 53.2 Å². The smallest absolute Gasteiger partial charge is 0.267 e. The van der Waals surface area contributed by atoms with E-state index in [0.717, 1.165) is 23.5 Å². The molecule has 2 aromatic rings. The molecule has 0 radical (unpaired) electrons. The van der Waals surface area contributed by atoms with Crippen LogP contribution < -0.4 is 0 Å². The molecule has 35 heavy (non-hydrogen) atoms. The van der Waals surface area contributed by atoms with Gasteiger partial charge in [-0.15, -0.1) is 0 Å². The highest BCUT2D eigenvalue weighted by Crippen LogP contribution is 2.71. The number of thioether (sulfide) groups is 2. The Labute approximate surface area is 206 Å². The number of aliphatic imine (C=N–C) groups is 2. The minimum Gasteiger partial charge on any atom is -0.267 e. The first-order valence-corrected chi connectivity index (χ1v) is 12.6. The number of benzene rings is 2. The number of nitrogens with zero attached hydrogens (tertiary/aromatic N) is 2. The van der Waals surface area contributed by atoms with Crippen molar-refractivity contribution in [3.05, 3.63) is 82.9 Å². The molecule has 4 aliphatic rings. The maximum atomic E-state index is 15.3. The summed E-state index contributed by atoms with van der Waals surface area (Å²) < 4.78 is 90.7. The fraction of sp³-hybridized carbons (Fsp3) is 0.360. The molecule has 0 fully saturated rings. The van der Waals surface area contributed by atoms with Crippen LogP contribution in [0.3, 0.4) is 0 Å². The topological polar surface area (TPSA) is 24.7 Å². The Morgan fingerprint density at radius 1 is 0.600 bits per heavy atom. The molecule has 0 bridgehead atoms. The van der Waals surface area contributed by atoms with Gasteiger partial charge in [-0.05, 0) is 13.8 Å². The standard InChI is InChI=1S/C25H18F6N2S2/c1-21-17(34-19(32-21)13-9-5-3-6-10-13)15-16(24(28,29)25(30,31)23(15,26)27)18-22(21,2)33-20(35-18)14-11-7-4-8-12-14/h3-12,17-18H,1-2H3. The Balaban J connectivity index is 1.62. The fourth-order valence-electron chi connectivity index (χ4n) is 5.39. The highest BCUT2D eigenvalue weighted by Gasteiger charge is 2.86. The zero-order valence-corrected chi connectivity index (χ0v) is 20.0. The monoisotopic (exact) mass is 524 g/mol. The summed E-state index contributed by atoms with van der Waals surface area (Å²) in [5, 5.41) is -2.17. The van der Waals surface area contributed by atoms with Crippen molar-refractivity contribution in [2.24, 2.45) is 9.98 Å². The van der Waals surface area contributed by atoms with E-state index in [2.05, 4.69) is 0 Å². The molecule has 0 saturated carbocycles. The molecule has 0 aromatic heterocycles. The normalized spacial score (nSPS) is 35.8. The van der Waals surface area contributed by atoms with Gasteiger partial charge in [0, 0.05) is 22.3 Å². The Morgan fingerprint density at radius 2 is 0.943 bits per heavy atom. The van der Waals surface area contributed by atoms with Crippen LogP contribution in [0.15, 0.2) is 81.8 Å². The maximum absolute atomic E-state index is 15.3. The summed E-state index contributed by atoms with van der Waals surface area (Å²) in [6, 6.07) is 17.4. The summed E-state index contributed by atoms with van der Waals surface area (Å²) in [5.41, 5.74) is -4.12. The predicted octanol–water partition coefficient (Wildman–Crippen LogP) is 6.86. The first-order chi connectivity index (χ1) is 16.4. The molecule has 10 heteroatoms. The van der Waals surface area contributed by atoms with Crippen LogP contribution in [0.25, 0.3) is 0 Å². The summed E-state index contributed by atoms with van der Waals surface area (Å²) in [4.78, 5) is 9.56. The van der Waals surface area contributed by atoms with Gasteiger partial charge in [0.1, 0.15) is 11.1 Å². The van der Waals surface area contributed by atoms with Crippen LogP contribution in [0.2, 0.25) is 0 Å². The van der Waals surface area contributed by atoms with Gasteiger partial charge in [0.25, 0.3) is 0 Å². The van der Waals surface area contributed by atoms with E-state index in [0.29, 0.717) is 21.2 Å². The van der Waals surface area contributed by atoms with E-state index in [-0.39, 0.29) is 0 Å².